The van der Waals surface area contributed by atoms with Crippen molar-refractivity contribution >= 4 is 29.2 Å². The summed E-state index contributed by atoms with van der Waals surface area (Å²) >= 11 is 1.33. The fourth-order valence-electron chi connectivity index (χ4n) is 2.28. The van der Waals surface area contributed by atoms with Gasteiger partial charge < -0.3 is 10.4 Å². The largest absolute Gasteiger partial charge is 0.476 e. The number of fused-ring (bicyclic) bond motifs is 1. The molecule has 0 aliphatic heterocycles. The second-order valence-electron chi connectivity index (χ2n) is 4.90. The molecule has 2 N–H and O–H groups in total. The van der Waals surface area contributed by atoms with Gasteiger partial charge in [-0.05, 0) is 11.8 Å². The molecule has 0 saturated carbocycles. The third kappa shape index (κ3) is 2.89. The number of aromatic carboxylic acids is 1. The highest BCUT2D eigenvalue weighted by molar-refractivity contribution is 7.98. The molecular formula is C16H13N5O2S. The molecule has 0 spiro atoms. The standard InChI is InChI=1S/C16H13N5O2S/c1-24-15-11(8-17)14(18-9-10-5-3-2-4-6-10)21-13(19-15)7-12(20-21)16(22)23/h2-7,18H,9H2,1H3,(H,22,23). The summed E-state index contributed by atoms with van der Waals surface area (Å²) in [5, 5.41) is 26.4. The summed E-state index contributed by atoms with van der Waals surface area (Å²) in [5.41, 5.74) is 1.63. The topological polar surface area (TPSA) is 103 Å². The van der Waals surface area contributed by atoms with E-state index in [2.05, 4.69) is 21.5 Å². The van der Waals surface area contributed by atoms with Gasteiger partial charge in [0.1, 0.15) is 16.7 Å². The van der Waals surface area contributed by atoms with Crippen molar-refractivity contribution in [2.24, 2.45) is 0 Å². The van der Waals surface area contributed by atoms with Crippen LogP contribution in [-0.2, 0) is 6.54 Å². The quantitative estimate of drug-likeness (QED) is 0.544. The average molecular weight is 339 g/mol. The summed E-state index contributed by atoms with van der Waals surface area (Å²) in [7, 11) is 0. The highest BCUT2D eigenvalue weighted by atomic mass is 32.2. The van der Waals surface area contributed by atoms with Gasteiger partial charge in [0.2, 0.25) is 0 Å². The lowest BCUT2D eigenvalue weighted by atomic mass is 10.2. The summed E-state index contributed by atoms with van der Waals surface area (Å²) in [6, 6.07) is 13.2. The first-order valence-corrected chi connectivity index (χ1v) is 8.25. The molecule has 2 heterocycles. The van der Waals surface area contributed by atoms with E-state index in [1.807, 2.05) is 36.6 Å². The molecule has 0 saturated heterocycles. The summed E-state index contributed by atoms with van der Waals surface area (Å²) < 4.78 is 1.37. The molecule has 24 heavy (non-hydrogen) atoms. The molecule has 0 atom stereocenters. The van der Waals surface area contributed by atoms with E-state index in [1.54, 1.807) is 0 Å². The van der Waals surface area contributed by atoms with Gasteiger partial charge in [-0.15, -0.1) is 11.8 Å². The number of aromatic nitrogens is 3. The minimum Gasteiger partial charge on any atom is -0.476 e. The normalized spacial score (nSPS) is 10.5. The van der Waals surface area contributed by atoms with Gasteiger partial charge in [-0.2, -0.15) is 14.9 Å². The number of nitrogens with one attached hydrogen (secondary N) is 1. The highest BCUT2D eigenvalue weighted by Gasteiger charge is 2.19. The van der Waals surface area contributed by atoms with Crippen LogP contribution in [0.2, 0.25) is 0 Å². The van der Waals surface area contributed by atoms with Crippen LogP contribution in [0.4, 0.5) is 5.82 Å². The zero-order valence-electron chi connectivity index (χ0n) is 12.7. The van der Waals surface area contributed by atoms with Crippen molar-refractivity contribution in [3.63, 3.8) is 0 Å². The van der Waals surface area contributed by atoms with Crippen molar-refractivity contribution in [1.82, 2.24) is 14.6 Å². The fraction of sp³-hybridized carbons (Fsp3) is 0.125. The molecule has 2 aromatic heterocycles. The lowest BCUT2D eigenvalue weighted by Gasteiger charge is -2.12. The maximum atomic E-state index is 11.2. The third-order valence-corrected chi connectivity index (χ3v) is 4.08. The lowest BCUT2D eigenvalue weighted by molar-refractivity contribution is 0.0690. The summed E-state index contributed by atoms with van der Waals surface area (Å²) in [6.45, 7) is 0.477. The third-order valence-electron chi connectivity index (χ3n) is 3.40. The van der Waals surface area contributed by atoms with E-state index >= 15 is 0 Å². The maximum absolute atomic E-state index is 11.2. The minimum atomic E-state index is -1.14. The van der Waals surface area contributed by atoms with Crippen LogP contribution in [0.3, 0.4) is 0 Å². The van der Waals surface area contributed by atoms with Crippen LogP contribution in [0.25, 0.3) is 5.65 Å². The zero-order valence-corrected chi connectivity index (χ0v) is 13.5. The predicted octanol–water partition coefficient (Wildman–Crippen LogP) is 2.63. The number of nitrogens with zero attached hydrogens (tertiary/aromatic N) is 4. The SMILES string of the molecule is CSc1nc2cc(C(=O)O)nn2c(NCc2ccccc2)c1C#N. The number of hydrogen-bond acceptors (Lipinski definition) is 6. The van der Waals surface area contributed by atoms with E-state index in [0.717, 1.165) is 5.56 Å². The van der Waals surface area contributed by atoms with Crippen LogP contribution < -0.4 is 5.32 Å². The lowest BCUT2D eigenvalue weighted by Crippen LogP contribution is -2.10. The van der Waals surface area contributed by atoms with Crippen molar-refractivity contribution in [3.05, 3.63) is 53.2 Å². The minimum absolute atomic E-state index is 0.118. The Hall–Kier alpha value is -3.05. The number of carboxylic acids is 1. The van der Waals surface area contributed by atoms with Gasteiger partial charge in [-0.1, -0.05) is 30.3 Å². The summed E-state index contributed by atoms with van der Waals surface area (Å²) in [5.74, 6) is -0.707. The van der Waals surface area contributed by atoms with Gasteiger partial charge in [0.25, 0.3) is 0 Å². The van der Waals surface area contributed by atoms with Gasteiger partial charge in [0, 0.05) is 12.6 Å². The molecule has 7 nitrogen and oxygen atoms in total. The van der Waals surface area contributed by atoms with Crippen LogP contribution in [0.1, 0.15) is 21.6 Å². The second kappa shape index (κ2) is 6.60. The molecule has 0 amide bonds. The van der Waals surface area contributed by atoms with Gasteiger partial charge in [0.05, 0.1) is 0 Å². The Bertz CT molecular complexity index is 946. The molecule has 3 aromatic rings. The second-order valence-corrected chi connectivity index (χ2v) is 5.70. The Morgan fingerprint density at radius 3 is 2.79 bits per heavy atom. The predicted molar refractivity (Wildman–Crippen MR) is 90.2 cm³/mol. The number of hydrogen-bond donors (Lipinski definition) is 2. The van der Waals surface area contributed by atoms with E-state index < -0.39 is 5.97 Å². The first-order valence-electron chi connectivity index (χ1n) is 7.03. The Morgan fingerprint density at radius 2 is 2.17 bits per heavy atom. The monoisotopic (exact) mass is 339 g/mol. The van der Waals surface area contributed by atoms with Gasteiger partial charge in [-0.25, -0.2) is 9.78 Å². The number of rotatable bonds is 5. The number of carbonyl (C=O) groups is 1. The number of anilines is 1. The molecule has 3 rings (SSSR count). The van der Waals surface area contributed by atoms with Gasteiger partial charge in [0.15, 0.2) is 17.2 Å². The van der Waals surface area contributed by atoms with Crippen molar-refractivity contribution in [2.45, 2.75) is 11.6 Å². The van der Waals surface area contributed by atoms with Crippen LogP contribution in [0, 0.1) is 11.3 Å². The van der Waals surface area contributed by atoms with Crippen molar-refractivity contribution in [3.8, 4) is 6.07 Å². The summed E-state index contributed by atoms with van der Waals surface area (Å²) in [6.07, 6.45) is 1.81. The van der Waals surface area contributed by atoms with E-state index in [-0.39, 0.29) is 5.69 Å². The molecule has 8 heteroatoms. The van der Waals surface area contributed by atoms with E-state index in [0.29, 0.717) is 28.6 Å². The average Bonchev–Trinajstić information content (AvgIpc) is 3.03. The molecule has 0 unspecified atom stereocenters. The number of nitriles is 1. The smallest absolute Gasteiger partial charge is 0.356 e. The highest BCUT2D eigenvalue weighted by Crippen LogP contribution is 2.26. The fourth-order valence-corrected chi connectivity index (χ4v) is 2.81. The van der Waals surface area contributed by atoms with Crippen molar-refractivity contribution < 1.29 is 9.90 Å². The first kappa shape index (κ1) is 15.8. The van der Waals surface area contributed by atoms with Gasteiger partial charge >= 0.3 is 5.97 Å². The Morgan fingerprint density at radius 1 is 1.42 bits per heavy atom. The number of carboxylic acid groups (broad SMARTS) is 1. The van der Waals surface area contributed by atoms with Crippen molar-refractivity contribution in [1.29, 1.82) is 5.26 Å². The first-order chi connectivity index (χ1) is 11.6. The zero-order chi connectivity index (χ0) is 17.1. The number of thioether (sulfide) groups is 1. The molecule has 0 aliphatic rings. The Labute approximate surface area is 141 Å². The molecule has 0 aliphatic carbocycles. The molecule has 120 valence electrons. The van der Waals surface area contributed by atoms with Crippen LogP contribution >= 0.6 is 11.8 Å². The van der Waals surface area contributed by atoms with E-state index in [1.165, 1.54) is 22.3 Å². The molecular weight excluding hydrogens is 326 g/mol. The van der Waals surface area contributed by atoms with Gasteiger partial charge in [-0.3, -0.25) is 0 Å². The van der Waals surface area contributed by atoms with Crippen LogP contribution in [-0.4, -0.2) is 31.9 Å². The number of benzene rings is 1. The van der Waals surface area contributed by atoms with E-state index in [4.69, 9.17) is 5.11 Å². The Kier molecular flexibility index (Phi) is 4.35. The summed E-state index contributed by atoms with van der Waals surface area (Å²) in [4.78, 5) is 15.5. The molecule has 1 aromatic carbocycles. The van der Waals surface area contributed by atoms with E-state index in [9.17, 15) is 10.1 Å². The Balaban J connectivity index is 2.11. The molecule has 0 radical (unpaired) electrons. The van der Waals surface area contributed by atoms with Crippen LogP contribution in [0.15, 0.2) is 41.4 Å². The van der Waals surface area contributed by atoms with Crippen molar-refractivity contribution in [2.75, 3.05) is 11.6 Å². The maximum Gasteiger partial charge on any atom is 0.356 e. The van der Waals surface area contributed by atoms with Crippen LogP contribution in [0.5, 0.6) is 0 Å². The molecule has 0 bridgehead atoms. The molecule has 0 fully saturated rings.